The molecule has 0 aromatic heterocycles. The second kappa shape index (κ2) is 7.20. The van der Waals surface area contributed by atoms with E-state index in [-0.39, 0.29) is 17.7 Å². The fraction of sp³-hybridized carbons (Fsp3) is 0.471. The van der Waals surface area contributed by atoms with E-state index in [1.54, 1.807) is 0 Å². The third-order valence-corrected chi connectivity index (χ3v) is 3.44. The van der Waals surface area contributed by atoms with E-state index in [1.165, 1.54) is 0 Å². The standard InChI is InChI=1S/C17H23N3O2/c1-11(2)9-16(21)20-19-12(3)14-5-4-6-15(10-14)18-17(22)13-7-8-13/h4-6,10-11,13H,7-9H2,1-3H3,(H,18,22)(H,20,21). The van der Waals surface area contributed by atoms with Gasteiger partial charge in [-0.15, -0.1) is 0 Å². The Morgan fingerprint density at radius 2 is 2.05 bits per heavy atom. The van der Waals surface area contributed by atoms with Crippen LogP contribution in [0.3, 0.4) is 0 Å². The Balaban J connectivity index is 1.98. The highest BCUT2D eigenvalue weighted by Gasteiger charge is 2.29. The van der Waals surface area contributed by atoms with E-state index in [1.807, 2.05) is 45.0 Å². The Kier molecular flexibility index (Phi) is 5.31. The summed E-state index contributed by atoms with van der Waals surface area (Å²) in [5.41, 5.74) is 4.91. The average Bonchev–Trinajstić information content (AvgIpc) is 3.29. The molecule has 0 heterocycles. The minimum absolute atomic E-state index is 0.0805. The summed E-state index contributed by atoms with van der Waals surface area (Å²) in [6.45, 7) is 5.81. The van der Waals surface area contributed by atoms with Crippen LogP contribution in [0.4, 0.5) is 5.69 Å². The van der Waals surface area contributed by atoms with Crippen molar-refractivity contribution >= 4 is 23.2 Å². The van der Waals surface area contributed by atoms with Crippen molar-refractivity contribution in [1.29, 1.82) is 0 Å². The summed E-state index contributed by atoms with van der Waals surface area (Å²) in [5.74, 6) is 0.467. The van der Waals surface area contributed by atoms with Crippen LogP contribution in [0.1, 0.15) is 45.6 Å². The van der Waals surface area contributed by atoms with E-state index in [4.69, 9.17) is 0 Å². The lowest BCUT2D eigenvalue weighted by atomic mass is 10.1. The molecule has 22 heavy (non-hydrogen) atoms. The van der Waals surface area contributed by atoms with Gasteiger partial charge in [-0.05, 0) is 43.4 Å². The van der Waals surface area contributed by atoms with Crippen molar-refractivity contribution in [3.8, 4) is 0 Å². The van der Waals surface area contributed by atoms with Crippen LogP contribution in [0, 0.1) is 11.8 Å². The van der Waals surface area contributed by atoms with Gasteiger partial charge in [0.15, 0.2) is 0 Å². The molecule has 1 saturated carbocycles. The third kappa shape index (κ3) is 4.98. The van der Waals surface area contributed by atoms with E-state index in [0.29, 0.717) is 18.1 Å². The Labute approximate surface area is 131 Å². The maximum absolute atomic E-state index is 11.8. The summed E-state index contributed by atoms with van der Waals surface area (Å²) in [6.07, 6.45) is 2.41. The quantitative estimate of drug-likeness (QED) is 0.626. The molecule has 2 N–H and O–H groups in total. The van der Waals surface area contributed by atoms with E-state index < -0.39 is 0 Å². The first-order valence-corrected chi connectivity index (χ1v) is 7.70. The molecule has 0 atom stereocenters. The Morgan fingerprint density at radius 1 is 1.32 bits per heavy atom. The number of carbonyl (C=O) groups excluding carboxylic acids is 2. The van der Waals surface area contributed by atoms with E-state index >= 15 is 0 Å². The zero-order valence-electron chi connectivity index (χ0n) is 13.3. The molecule has 0 saturated heterocycles. The van der Waals surface area contributed by atoms with Crippen LogP contribution in [0.15, 0.2) is 29.4 Å². The molecule has 5 nitrogen and oxygen atoms in total. The summed E-state index contributed by atoms with van der Waals surface area (Å²) in [7, 11) is 0. The zero-order chi connectivity index (χ0) is 16.1. The van der Waals surface area contributed by atoms with E-state index in [9.17, 15) is 9.59 Å². The van der Waals surface area contributed by atoms with Gasteiger partial charge in [0.1, 0.15) is 0 Å². The topological polar surface area (TPSA) is 70.6 Å². The maximum Gasteiger partial charge on any atom is 0.240 e. The predicted molar refractivity (Wildman–Crippen MR) is 87.6 cm³/mol. The number of hydrazone groups is 1. The molecule has 1 aromatic rings. The number of hydrogen-bond acceptors (Lipinski definition) is 3. The lowest BCUT2D eigenvalue weighted by Crippen LogP contribution is -2.20. The Bertz CT molecular complexity index is 589. The maximum atomic E-state index is 11.8. The average molecular weight is 301 g/mol. The van der Waals surface area contributed by atoms with Crippen molar-refractivity contribution in [2.24, 2.45) is 16.9 Å². The third-order valence-electron chi connectivity index (χ3n) is 3.44. The number of hydrogen-bond donors (Lipinski definition) is 2. The molecule has 1 aliphatic carbocycles. The molecule has 0 bridgehead atoms. The minimum Gasteiger partial charge on any atom is -0.326 e. The number of amides is 2. The summed E-state index contributed by atoms with van der Waals surface area (Å²) in [4.78, 5) is 23.4. The lowest BCUT2D eigenvalue weighted by molar-refractivity contribution is -0.121. The van der Waals surface area contributed by atoms with Crippen LogP contribution in [0.2, 0.25) is 0 Å². The Hall–Kier alpha value is -2.17. The molecule has 2 amide bonds. The van der Waals surface area contributed by atoms with Crippen molar-refractivity contribution in [2.45, 2.75) is 40.0 Å². The fourth-order valence-corrected chi connectivity index (χ4v) is 2.04. The highest BCUT2D eigenvalue weighted by molar-refractivity contribution is 6.01. The molecule has 1 aliphatic rings. The molecule has 1 fully saturated rings. The molecule has 1 aromatic carbocycles. The van der Waals surface area contributed by atoms with Gasteiger partial charge in [-0.2, -0.15) is 5.10 Å². The Morgan fingerprint density at radius 3 is 2.68 bits per heavy atom. The number of benzene rings is 1. The van der Waals surface area contributed by atoms with Gasteiger partial charge in [0, 0.05) is 18.0 Å². The molecule has 2 rings (SSSR count). The molecular formula is C17H23N3O2. The van der Waals surface area contributed by atoms with Gasteiger partial charge >= 0.3 is 0 Å². The molecule has 0 aliphatic heterocycles. The monoisotopic (exact) mass is 301 g/mol. The second-order valence-electron chi connectivity index (χ2n) is 6.17. The highest BCUT2D eigenvalue weighted by atomic mass is 16.2. The van der Waals surface area contributed by atoms with E-state index in [2.05, 4.69) is 15.8 Å². The molecule has 0 radical (unpaired) electrons. The van der Waals surface area contributed by atoms with Crippen LogP contribution in [0.25, 0.3) is 0 Å². The molecule has 0 unspecified atom stereocenters. The lowest BCUT2D eigenvalue weighted by Gasteiger charge is -2.08. The van der Waals surface area contributed by atoms with Crippen molar-refractivity contribution in [3.63, 3.8) is 0 Å². The first kappa shape index (κ1) is 16.2. The van der Waals surface area contributed by atoms with Gasteiger partial charge in [-0.25, -0.2) is 5.43 Å². The normalized spacial score (nSPS) is 14.8. The molecule has 5 heteroatoms. The van der Waals surface area contributed by atoms with Crippen molar-refractivity contribution in [2.75, 3.05) is 5.32 Å². The van der Waals surface area contributed by atoms with Crippen LogP contribution < -0.4 is 10.7 Å². The number of anilines is 1. The van der Waals surface area contributed by atoms with E-state index in [0.717, 1.165) is 24.1 Å². The zero-order valence-corrected chi connectivity index (χ0v) is 13.3. The summed E-state index contributed by atoms with van der Waals surface area (Å²) in [6, 6.07) is 7.50. The van der Waals surface area contributed by atoms with Gasteiger partial charge in [0.2, 0.25) is 11.8 Å². The number of rotatable bonds is 6. The van der Waals surface area contributed by atoms with Crippen LogP contribution >= 0.6 is 0 Å². The SMILES string of the molecule is CC(=NNC(=O)CC(C)C)c1cccc(NC(=O)C2CC2)c1. The van der Waals surface area contributed by atoms with Gasteiger partial charge in [-0.3, -0.25) is 9.59 Å². The van der Waals surface area contributed by atoms with Crippen LogP contribution in [0.5, 0.6) is 0 Å². The van der Waals surface area contributed by atoms with Gasteiger partial charge < -0.3 is 5.32 Å². The number of nitrogens with zero attached hydrogens (tertiary/aromatic N) is 1. The van der Waals surface area contributed by atoms with Crippen molar-refractivity contribution < 1.29 is 9.59 Å². The van der Waals surface area contributed by atoms with Crippen molar-refractivity contribution in [1.82, 2.24) is 5.43 Å². The smallest absolute Gasteiger partial charge is 0.240 e. The summed E-state index contributed by atoms with van der Waals surface area (Å²) in [5, 5.41) is 7.03. The van der Waals surface area contributed by atoms with Gasteiger partial charge in [-0.1, -0.05) is 26.0 Å². The van der Waals surface area contributed by atoms with Crippen molar-refractivity contribution in [3.05, 3.63) is 29.8 Å². The number of nitrogens with one attached hydrogen (secondary N) is 2. The van der Waals surface area contributed by atoms with Crippen LogP contribution in [-0.4, -0.2) is 17.5 Å². The first-order valence-electron chi connectivity index (χ1n) is 7.70. The van der Waals surface area contributed by atoms with Gasteiger partial charge in [0.05, 0.1) is 5.71 Å². The minimum atomic E-state index is -0.0902. The second-order valence-corrected chi connectivity index (χ2v) is 6.17. The summed E-state index contributed by atoms with van der Waals surface area (Å²) < 4.78 is 0. The van der Waals surface area contributed by atoms with Gasteiger partial charge in [0.25, 0.3) is 0 Å². The number of carbonyl (C=O) groups is 2. The predicted octanol–water partition coefficient (Wildman–Crippen LogP) is 2.92. The molecule has 0 spiro atoms. The van der Waals surface area contributed by atoms with Crippen LogP contribution in [-0.2, 0) is 9.59 Å². The molecule has 118 valence electrons. The summed E-state index contributed by atoms with van der Waals surface area (Å²) >= 11 is 0. The molecular weight excluding hydrogens is 278 g/mol. The highest BCUT2D eigenvalue weighted by Crippen LogP contribution is 2.30. The largest absolute Gasteiger partial charge is 0.326 e. The fourth-order valence-electron chi connectivity index (χ4n) is 2.04. The first-order chi connectivity index (χ1) is 10.5.